The summed E-state index contributed by atoms with van der Waals surface area (Å²) in [6.07, 6.45) is 1.58. The van der Waals surface area contributed by atoms with Crippen LogP contribution in [-0.4, -0.2) is 17.6 Å². The van der Waals surface area contributed by atoms with Crippen LogP contribution in [0.4, 0.5) is 5.69 Å². The standard InChI is InChI=1S/C18H14Cl2N2O3/c1-25-13-3-4-14-11(8-13)6-7-22(18(14)24)10-17(23)21-16-5-2-12(19)9-15(16)20/h2-9H,10H2,1H3,(H,21,23). The minimum atomic E-state index is -0.362. The lowest BCUT2D eigenvalue weighted by Gasteiger charge is -2.10. The summed E-state index contributed by atoms with van der Waals surface area (Å²) >= 11 is 11.9. The predicted octanol–water partition coefficient (Wildman–Crippen LogP) is 3.96. The number of amides is 1. The van der Waals surface area contributed by atoms with E-state index in [0.29, 0.717) is 26.9 Å². The highest BCUT2D eigenvalue weighted by Crippen LogP contribution is 2.25. The van der Waals surface area contributed by atoms with Gasteiger partial charge in [0.2, 0.25) is 5.91 Å². The highest BCUT2D eigenvalue weighted by Gasteiger charge is 2.10. The maximum atomic E-state index is 12.5. The summed E-state index contributed by atoms with van der Waals surface area (Å²) < 4.78 is 6.49. The highest BCUT2D eigenvalue weighted by atomic mass is 35.5. The van der Waals surface area contributed by atoms with E-state index in [-0.39, 0.29) is 18.0 Å². The number of carbonyl (C=O) groups is 1. The van der Waals surface area contributed by atoms with Crippen LogP contribution < -0.4 is 15.6 Å². The van der Waals surface area contributed by atoms with E-state index >= 15 is 0 Å². The van der Waals surface area contributed by atoms with Crippen LogP contribution in [0.1, 0.15) is 0 Å². The van der Waals surface area contributed by atoms with E-state index in [1.807, 2.05) is 0 Å². The molecule has 0 radical (unpaired) electrons. The molecule has 3 aromatic rings. The lowest BCUT2D eigenvalue weighted by Crippen LogP contribution is -2.27. The van der Waals surface area contributed by atoms with Crippen molar-refractivity contribution >= 4 is 45.6 Å². The van der Waals surface area contributed by atoms with Gasteiger partial charge in [-0.3, -0.25) is 9.59 Å². The van der Waals surface area contributed by atoms with Gasteiger partial charge in [-0.05, 0) is 47.9 Å². The second kappa shape index (κ2) is 7.17. The Morgan fingerprint density at radius 2 is 1.96 bits per heavy atom. The largest absolute Gasteiger partial charge is 0.497 e. The summed E-state index contributed by atoms with van der Waals surface area (Å²) in [6, 6.07) is 11.7. The summed E-state index contributed by atoms with van der Waals surface area (Å²) in [6.45, 7) is -0.125. The third-order valence-electron chi connectivity index (χ3n) is 3.70. The fourth-order valence-electron chi connectivity index (χ4n) is 2.45. The van der Waals surface area contributed by atoms with E-state index in [9.17, 15) is 9.59 Å². The molecule has 5 nitrogen and oxygen atoms in total. The molecule has 0 fully saturated rings. The van der Waals surface area contributed by atoms with Crippen LogP contribution in [0.15, 0.2) is 53.5 Å². The van der Waals surface area contributed by atoms with Crippen molar-refractivity contribution in [2.45, 2.75) is 6.54 Å². The molecule has 1 N–H and O–H groups in total. The molecule has 0 unspecified atom stereocenters. The molecule has 0 saturated heterocycles. The fourth-order valence-corrected chi connectivity index (χ4v) is 2.91. The second-order valence-corrected chi connectivity index (χ2v) is 6.22. The number of hydrogen-bond donors (Lipinski definition) is 1. The summed E-state index contributed by atoms with van der Waals surface area (Å²) in [5.74, 6) is 0.305. The van der Waals surface area contributed by atoms with Gasteiger partial charge in [-0.25, -0.2) is 0 Å². The monoisotopic (exact) mass is 376 g/mol. The zero-order chi connectivity index (χ0) is 18.0. The van der Waals surface area contributed by atoms with Gasteiger partial charge in [0.1, 0.15) is 12.3 Å². The number of ether oxygens (including phenoxy) is 1. The number of benzene rings is 2. The molecular weight excluding hydrogens is 363 g/mol. The van der Waals surface area contributed by atoms with Crippen molar-refractivity contribution in [3.63, 3.8) is 0 Å². The Labute approximate surface area is 153 Å². The van der Waals surface area contributed by atoms with Crippen molar-refractivity contribution < 1.29 is 9.53 Å². The number of pyridine rings is 1. The lowest BCUT2D eigenvalue weighted by molar-refractivity contribution is -0.116. The Bertz CT molecular complexity index is 1010. The first-order valence-corrected chi connectivity index (χ1v) is 8.15. The number of halogens is 2. The molecule has 1 aromatic heterocycles. The number of carbonyl (C=O) groups excluding carboxylic acids is 1. The zero-order valence-electron chi connectivity index (χ0n) is 13.3. The van der Waals surface area contributed by atoms with Crippen LogP contribution >= 0.6 is 23.2 Å². The van der Waals surface area contributed by atoms with Crippen molar-refractivity contribution in [1.29, 1.82) is 0 Å². The summed E-state index contributed by atoms with van der Waals surface area (Å²) in [5, 5.41) is 4.74. The normalized spacial score (nSPS) is 10.7. The molecule has 0 bridgehead atoms. The topological polar surface area (TPSA) is 60.3 Å². The molecule has 0 aliphatic heterocycles. The quantitative estimate of drug-likeness (QED) is 0.749. The molecule has 0 saturated carbocycles. The average molecular weight is 377 g/mol. The van der Waals surface area contributed by atoms with Crippen LogP contribution in [0, 0.1) is 0 Å². The first-order valence-electron chi connectivity index (χ1n) is 7.40. The van der Waals surface area contributed by atoms with Gasteiger partial charge in [0, 0.05) is 16.6 Å². The van der Waals surface area contributed by atoms with E-state index in [4.69, 9.17) is 27.9 Å². The lowest BCUT2D eigenvalue weighted by atomic mass is 10.1. The Hall–Kier alpha value is -2.50. The van der Waals surface area contributed by atoms with Crippen LogP contribution in [0.2, 0.25) is 10.0 Å². The summed E-state index contributed by atoms with van der Waals surface area (Å²) in [5.41, 5.74) is 0.187. The number of aromatic nitrogens is 1. The van der Waals surface area contributed by atoms with Gasteiger partial charge in [-0.2, -0.15) is 0 Å². The molecular formula is C18H14Cl2N2O3. The van der Waals surface area contributed by atoms with E-state index in [1.165, 1.54) is 10.6 Å². The van der Waals surface area contributed by atoms with E-state index in [2.05, 4.69) is 5.32 Å². The summed E-state index contributed by atoms with van der Waals surface area (Å²) in [7, 11) is 1.56. The molecule has 0 aliphatic carbocycles. The van der Waals surface area contributed by atoms with Crippen LogP contribution in [0.5, 0.6) is 5.75 Å². The van der Waals surface area contributed by atoms with Crippen molar-refractivity contribution in [3.8, 4) is 5.75 Å². The van der Waals surface area contributed by atoms with Crippen molar-refractivity contribution in [2.75, 3.05) is 12.4 Å². The van der Waals surface area contributed by atoms with Crippen LogP contribution in [0.3, 0.4) is 0 Å². The average Bonchev–Trinajstić information content (AvgIpc) is 2.59. The van der Waals surface area contributed by atoms with Gasteiger partial charge in [0.05, 0.1) is 17.8 Å². The molecule has 0 atom stereocenters. The number of rotatable bonds is 4. The van der Waals surface area contributed by atoms with Crippen LogP contribution in [0.25, 0.3) is 10.8 Å². The maximum Gasteiger partial charge on any atom is 0.258 e. The zero-order valence-corrected chi connectivity index (χ0v) is 14.8. The molecule has 7 heteroatoms. The van der Waals surface area contributed by atoms with Crippen LogP contribution in [-0.2, 0) is 11.3 Å². The predicted molar refractivity (Wildman–Crippen MR) is 99.9 cm³/mol. The van der Waals surface area contributed by atoms with Gasteiger partial charge in [0.15, 0.2) is 0 Å². The highest BCUT2D eigenvalue weighted by molar-refractivity contribution is 6.36. The van der Waals surface area contributed by atoms with Crippen molar-refractivity contribution in [2.24, 2.45) is 0 Å². The number of nitrogens with one attached hydrogen (secondary N) is 1. The van der Waals surface area contributed by atoms with Gasteiger partial charge < -0.3 is 14.6 Å². The third-order valence-corrected chi connectivity index (χ3v) is 4.25. The Balaban J connectivity index is 1.83. The molecule has 1 amide bonds. The van der Waals surface area contributed by atoms with Gasteiger partial charge in [0.25, 0.3) is 5.56 Å². The smallest absolute Gasteiger partial charge is 0.258 e. The second-order valence-electron chi connectivity index (χ2n) is 5.37. The Kier molecular flexibility index (Phi) is 4.97. The summed E-state index contributed by atoms with van der Waals surface area (Å²) in [4.78, 5) is 24.8. The Morgan fingerprint density at radius 1 is 1.16 bits per heavy atom. The van der Waals surface area contributed by atoms with Gasteiger partial charge >= 0.3 is 0 Å². The third kappa shape index (κ3) is 3.78. The number of nitrogens with zero attached hydrogens (tertiary/aromatic N) is 1. The molecule has 1 heterocycles. The molecule has 128 valence electrons. The van der Waals surface area contributed by atoms with Gasteiger partial charge in [-0.1, -0.05) is 23.2 Å². The van der Waals surface area contributed by atoms with E-state index in [1.54, 1.807) is 49.7 Å². The Morgan fingerprint density at radius 3 is 2.68 bits per heavy atom. The van der Waals surface area contributed by atoms with Crippen molar-refractivity contribution in [3.05, 3.63) is 69.1 Å². The maximum absolute atomic E-state index is 12.5. The number of fused-ring (bicyclic) bond motifs is 1. The number of methoxy groups -OCH3 is 1. The molecule has 2 aromatic carbocycles. The molecule has 0 aliphatic rings. The molecule has 3 rings (SSSR count). The number of hydrogen-bond acceptors (Lipinski definition) is 3. The first kappa shape index (κ1) is 17.3. The fraction of sp³-hybridized carbons (Fsp3) is 0.111. The minimum Gasteiger partial charge on any atom is -0.497 e. The SMILES string of the molecule is COc1ccc2c(=O)n(CC(=O)Nc3ccc(Cl)cc3Cl)ccc2c1. The first-order chi connectivity index (χ1) is 12.0. The van der Waals surface area contributed by atoms with E-state index in [0.717, 1.165) is 5.39 Å². The minimum absolute atomic E-state index is 0.125. The number of anilines is 1. The molecule has 25 heavy (non-hydrogen) atoms. The molecule has 0 spiro atoms. The van der Waals surface area contributed by atoms with Gasteiger partial charge in [-0.15, -0.1) is 0 Å². The van der Waals surface area contributed by atoms with Crippen molar-refractivity contribution in [1.82, 2.24) is 4.57 Å². The van der Waals surface area contributed by atoms with E-state index < -0.39 is 0 Å².